The van der Waals surface area contributed by atoms with Crippen molar-refractivity contribution in [2.75, 3.05) is 26.8 Å². The van der Waals surface area contributed by atoms with Crippen LogP contribution in [0, 0.1) is 34.8 Å². The Morgan fingerprint density at radius 1 is 1.12 bits per heavy atom. The van der Waals surface area contributed by atoms with Gasteiger partial charge in [-0.15, -0.1) is 0 Å². The largest absolute Gasteiger partial charge is 0.473 e. The molecule has 4 heterocycles. The van der Waals surface area contributed by atoms with Crippen LogP contribution in [0.15, 0.2) is 48.5 Å². The molecule has 3 fully saturated rings. The molecule has 1 aliphatic carbocycles. The van der Waals surface area contributed by atoms with Crippen molar-refractivity contribution in [3.63, 3.8) is 0 Å². The first-order chi connectivity index (χ1) is 20.9. The molecule has 11 heteroatoms. The lowest BCUT2D eigenvalue weighted by atomic mass is 10.1. The molecule has 2 saturated heterocycles. The number of carbonyl (C=O) groups excluding carboxylic acids is 1. The number of likely N-dealkylation sites (tertiary alicyclic amines) is 1. The summed E-state index contributed by atoms with van der Waals surface area (Å²) in [7, 11) is 1.24. The van der Waals surface area contributed by atoms with Gasteiger partial charge in [-0.3, -0.25) is 4.90 Å². The Kier molecular flexibility index (Phi) is 7.03. The Morgan fingerprint density at radius 2 is 1.93 bits per heavy atom. The lowest BCUT2D eigenvalue weighted by Crippen LogP contribution is -2.33. The van der Waals surface area contributed by atoms with Gasteiger partial charge in [0.2, 0.25) is 5.88 Å². The first-order valence-corrected chi connectivity index (χ1v) is 14.3. The van der Waals surface area contributed by atoms with E-state index >= 15 is 0 Å². The lowest BCUT2D eigenvalue weighted by molar-refractivity contribution is -0.0591. The molecule has 0 N–H and O–H groups in total. The molecule has 0 amide bonds. The molecule has 1 saturated carbocycles. The van der Waals surface area contributed by atoms with E-state index in [0.29, 0.717) is 53.3 Å². The van der Waals surface area contributed by atoms with E-state index in [0.717, 1.165) is 37.6 Å². The van der Waals surface area contributed by atoms with Crippen molar-refractivity contribution in [1.29, 1.82) is 5.26 Å². The fourth-order valence-electron chi connectivity index (χ4n) is 6.38. The van der Waals surface area contributed by atoms with E-state index in [1.165, 1.54) is 25.3 Å². The molecule has 0 bridgehead atoms. The number of piperidine rings is 1. The number of carbonyl (C=O) groups is 1. The average molecular weight is 586 g/mol. The van der Waals surface area contributed by atoms with Gasteiger partial charge in [-0.1, -0.05) is 12.1 Å². The van der Waals surface area contributed by atoms with Gasteiger partial charge < -0.3 is 18.8 Å². The summed E-state index contributed by atoms with van der Waals surface area (Å²) in [6, 6.07) is 14.8. The number of benzene rings is 2. The minimum absolute atomic E-state index is 0.0250. The van der Waals surface area contributed by atoms with E-state index in [1.807, 2.05) is 22.8 Å². The van der Waals surface area contributed by atoms with Crippen LogP contribution in [0.2, 0.25) is 0 Å². The third-order valence-electron chi connectivity index (χ3n) is 8.78. The fourth-order valence-corrected chi connectivity index (χ4v) is 6.38. The van der Waals surface area contributed by atoms with Gasteiger partial charge in [0.1, 0.15) is 24.1 Å². The summed E-state index contributed by atoms with van der Waals surface area (Å²) in [5.41, 5.74) is 2.68. The number of nitrogens with zero attached hydrogens (tertiary/aromatic N) is 5. The van der Waals surface area contributed by atoms with Crippen LogP contribution in [0.5, 0.6) is 5.88 Å². The zero-order chi connectivity index (χ0) is 29.7. The first kappa shape index (κ1) is 27.4. The van der Waals surface area contributed by atoms with Crippen molar-refractivity contribution in [3.8, 4) is 11.9 Å². The molecule has 0 radical (unpaired) electrons. The van der Waals surface area contributed by atoms with Crippen LogP contribution in [-0.2, 0) is 29.2 Å². The first-order valence-electron chi connectivity index (χ1n) is 14.3. The Bertz CT molecular complexity index is 1750. The number of nitriles is 1. The average Bonchev–Trinajstić information content (AvgIpc) is 3.31. The van der Waals surface area contributed by atoms with Gasteiger partial charge in [0.05, 0.1) is 54.5 Å². The van der Waals surface area contributed by atoms with Gasteiger partial charge in [0, 0.05) is 49.0 Å². The Balaban J connectivity index is 1.03. The molecule has 0 spiro atoms. The van der Waals surface area contributed by atoms with E-state index in [4.69, 9.17) is 29.4 Å². The van der Waals surface area contributed by atoms with Crippen LogP contribution < -0.4 is 4.74 Å². The van der Waals surface area contributed by atoms with Gasteiger partial charge in [-0.2, -0.15) is 5.26 Å². The number of methoxy groups -OCH3 is 1. The van der Waals surface area contributed by atoms with Crippen LogP contribution in [0.25, 0.3) is 11.0 Å². The number of halogens is 2. The van der Waals surface area contributed by atoms with Crippen LogP contribution in [-0.4, -0.2) is 58.3 Å². The molecule has 2 unspecified atom stereocenters. The molecule has 2 aromatic carbocycles. The maximum absolute atomic E-state index is 14.7. The Morgan fingerprint density at radius 3 is 2.63 bits per heavy atom. The smallest absolute Gasteiger partial charge is 0.340 e. The highest BCUT2D eigenvalue weighted by Crippen LogP contribution is 2.58. The summed E-state index contributed by atoms with van der Waals surface area (Å²) in [5.74, 6) is 0.636. The molecule has 3 aliphatic rings. The second-order valence-electron chi connectivity index (χ2n) is 11.4. The van der Waals surface area contributed by atoms with Crippen molar-refractivity contribution in [1.82, 2.24) is 19.4 Å². The predicted molar refractivity (Wildman–Crippen MR) is 150 cm³/mol. The topological polar surface area (TPSA) is 102 Å². The minimum Gasteiger partial charge on any atom is -0.473 e. The number of hydrogen-bond donors (Lipinski definition) is 0. The van der Waals surface area contributed by atoms with Crippen molar-refractivity contribution in [2.45, 2.75) is 38.1 Å². The molecule has 220 valence electrons. The number of aromatic nitrogens is 3. The number of fused-ring (bicyclic) bond motifs is 2. The van der Waals surface area contributed by atoms with Crippen molar-refractivity contribution < 1.29 is 27.8 Å². The predicted octanol–water partition coefficient (Wildman–Crippen LogP) is 4.58. The van der Waals surface area contributed by atoms with Gasteiger partial charge in [-0.25, -0.2) is 23.5 Å². The molecular formula is C32H29F2N5O4. The standard InChI is InChI=1S/C32H29F2N5O4/c1-41-32(40)21-10-28-27(11-25(21)34)36-29(39(28)13-20-7-8-42-20)16-38-14-22-23(15-38)31(22)26-3-2-4-30(37-26)43-17-19-6-5-18(12-35)9-24(19)33/h2-6,9-11,20,22-23,31H,7-8,13-17H2,1H3/t20?,22-,23+,31?. The van der Waals surface area contributed by atoms with E-state index in [9.17, 15) is 13.6 Å². The van der Waals surface area contributed by atoms with Crippen LogP contribution in [0.1, 0.15) is 45.3 Å². The zero-order valence-electron chi connectivity index (χ0n) is 23.5. The maximum Gasteiger partial charge on any atom is 0.340 e. The van der Waals surface area contributed by atoms with Crippen molar-refractivity contribution in [3.05, 3.63) is 88.4 Å². The van der Waals surface area contributed by atoms with E-state index in [2.05, 4.69) is 4.90 Å². The molecule has 4 atom stereocenters. The molecule has 2 aromatic heterocycles. The van der Waals surface area contributed by atoms with Crippen LogP contribution in [0.4, 0.5) is 8.78 Å². The summed E-state index contributed by atoms with van der Waals surface area (Å²) in [5, 5.41) is 8.94. The second-order valence-corrected chi connectivity index (χ2v) is 11.4. The Labute approximate surface area is 246 Å². The lowest BCUT2D eigenvalue weighted by Gasteiger charge is -2.28. The zero-order valence-corrected chi connectivity index (χ0v) is 23.5. The second kappa shape index (κ2) is 11.0. The third kappa shape index (κ3) is 5.21. The number of rotatable bonds is 9. The number of esters is 1. The third-order valence-corrected chi connectivity index (χ3v) is 8.78. The molecule has 2 aliphatic heterocycles. The van der Waals surface area contributed by atoms with E-state index in [1.54, 1.807) is 18.2 Å². The molecule has 4 aromatic rings. The molecule has 9 nitrogen and oxygen atoms in total. The van der Waals surface area contributed by atoms with Gasteiger partial charge in [-0.05, 0) is 42.5 Å². The number of hydrogen-bond acceptors (Lipinski definition) is 8. The van der Waals surface area contributed by atoms with Crippen LogP contribution >= 0.6 is 0 Å². The van der Waals surface area contributed by atoms with E-state index < -0.39 is 17.6 Å². The highest BCUT2D eigenvalue weighted by molar-refractivity contribution is 5.94. The number of pyridine rings is 1. The van der Waals surface area contributed by atoms with Crippen LogP contribution in [0.3, 0.4) is 0 Å². The number of imidazole rings is 1. The summed E-state index contributed by atoms with van der Waals surface area (Å²) in [4.78, 5) is 24.0. The van der Waals surface area contributed by atoms with Crippen molar-refractivity contribution in [2.24, 2.45) is 11.8 Å². The quantitative estimate of drug-likeness (QED) is 0.263. The summed E-state index contributed by atoms with van der Waals surface area (Å²) < 4.78 is 47.2. The van der Waals surface area contributed by atoms with Crippen molar-refractivity contribution >= 4 is 17.0 Å². The fraction of sp³-hybridized carbons (Fsp3) is 0.375. The van der Waals surface area contributed by atoms with E-state index in [-0.39, 0.29) is 23.8 Å². The highest BCUT2D eigenvalue weighted by atomic mass is 19.1. The summed E-state index contributed by atoms with van der Waals surface area (Å²) in [6.45, 7) is 3.69. The summed E-state index contributed by atoms with van der Waals surface area (Å²) in [6.07, 6.45) is 1.01. The molecular weight excluding hydrogens is 556 g/mol. The molecule has 7 rings (SSSR count). The monoisotopic (exact) mass is 585 g/mol. The van der Waals surface area contributed by atoms with Gasteiger partial charge >= 0.3 is 5.97 Å². The normalized spacial score (nSPS) is 22.6. The van der Waals surface area contributed by atoms with Gasteiger partial charge in [0.25, 0.3) is 0 Å². The van der Waals surface area contributed by atoms with Gasteiger partial charge in [0.15, 0.2) is 0 Å². The molecule has 43 heavy (non-hydrogen) atoms. The summed E-state index contributed by atoms with van der Waals surface area (Å²) >= 11 is 0. The SMILES string of the molecule is COC(=O)c1cc2c(cc1F)nc(CN1C[C@@H]3C(c4cccc(OCc5ccc(C#N)cc5F)n4)[C@@H]3C1)n2CC1CCO1. The minimum atomic E-state index is -0.719. The Hall–Kier alpha value is -4.40. The maximum atomic E-state index is 14.7. The highest BCUT2D eigenvalue weighted by Gasteiger charge is 2.57. The number of ether oxygens (including phenoxy) is 3.